The highest BCUT2D eigenvalue weighted by atomic mass is 32.2. The van der Waals surface area contributed by atoms with Crippen LogP contribution in [0.25, 0.3) is 0 Å². The molecule has 2 saturated heterocycles. The molecule has 1 spiro atoms. The molecule has 3 aliphatic rings. The van der Waals surface area contributed by atoms with Gasteiger partial charge in [-0.05, 0) is 57.0 Å². The van der Waals surface area contributed by atoms with Gasteiger partial charge in [0.05, 0.1) is 11.5 Å². The van der Waals surface area contributed by atoms with Crippen LogP contribution in [0.5, 0.6) is 0 Å². The van der Waals surface area contributed by atoms with Gasteiger partial charge in [0.1, 0.15) is 9.84 Å². The van der Waals surface area contributed by atoms with Crippen LogP contribution in [0.4, 0.5) is 0 Å². The summed E-state index contributed by atoms with van der Waals surface area (Å²) in [4.78, 5) is 2.53. The van der Waals surface area contributed by atoms with Crippen molar-refractivity contribution in [1.29, 1.82) is 0 Å². The maximum Gasteiger partial charge on any atom is 0.150 e. The van der Waals surface area contributed by atoms with Gasteiger partial charge in [0.15, 0.2) is 0 Å². The van der Waals surface area contributed by atoms with Crippen molar-refractivity contribution >= 4 is 9.84 Å². The summed E-state index contributed by atoms with van der Waals surface area (Å²) in [5, 5.41) is 0. The SMILES string of the molecule is NCC1(N2CCC3(CCCC3)CC2)CCS(=O)(=O)CC1. The Kier molecular flexibility index (Phi) is 3.89. The molecule has 1 saturated carbocycles. The van der Waals surface area contributed by atoms with Crippen molar-refractivity contribution in [3.05, 3.63) is 0 Å². The highest BCUT2D eigenvalue weighted by Crippen LogP contribution is 2.47. The second kappa shape index (κ2) is 5.25. The molecular formula is C15H28N2O2S. The van der Waals surface area contributed by atoms with Gasteiger partial charge in [0.2, 0.25) is 0 Å². The third-order valence-corrected chi connectivity index (χ3v) is 7.95. The molecule has 5 heteroatoms. The second-order valence-electron chi connectivity index (χ2n) is 7.27. The highest BCUT2D eigenvalue weighted by Gasteiger charge is 2.45. The predicted octanol–water partition coefficient (Wildman–Crippen LogP) is 1.55. The Morgan fingerprint density at radius 2 is 1.45 bits per heavy atom. The fourth-order valence-electron chi connectivity index (χ4n) is 4.65. The summed E-state index contributed by atoms with van der Waals surface area (Å²) in [6.45, 7) is 2.85. The fourth-order valence-corrected chi connectivity index (χ4v) is 6.23. The van der Waals surface area contributed by atoms with E-state index in [0.29, 0.717) is 23.5 Å². The lowest BCUT2D eigenvalue weighted by atomic mass is 9.75. The van der Waals surface area contributed by atoms with E-state index in [1.807, 2.05) is 0 Å². The maximum atomic E-state index is 11.7. The predicted molar refractivity (Wildman–Crippen MR) is 81.4 cm³/mol. The van der Waals surface area contributed by atoms with Crippen LogP contribution >= 0.6 is 0 Å². The lowest BCUT2D eigenvalue weighted by Crippen LogP contribution is -2.60. The lowest BCUT2D eigenvalue weighted by Gasteiger charge is -2.50. The van der Waals surface area contributed by atoms with Crippen LogP contribution in [0.2, 0.25) is 0 Å². The van der Waals surface area contributed by atoms with Gasteiger partial charge in [-0.1, -0.05) is 12.8 Å². The molecule has 0 bridgehead atoms. The molecule has 0 atom stereocenters. The summed E-state index contributed by atoms with van der Waals surface area (Å²) in [6, 6.07) is 0. The first-order valence-corrected chi connectivity index (χ1v) is 9.97. The van der Waals surface area contributed by atoms with Crippen molar-refractivity contribution in [3.63, 3.8) is 0 Å². The first kappa shape index (κ1) is 14.8. The Labute approximate surface area is 123 Å². The molecule has 0 aromatic rings. The van der Waals surface area contributed by atoms with E-state index >= 15 is 0 Å². The summed E-state index contributed by atoms with van der Waals surface area (Å²) >= 11 is 0. The van der Waals surface area contributed by atoms with E-state index in [-0.39, 0.29) is 5.54 Å². The minimum Gasteiger partial charge on any atom is -0.329 e. The number of sulfone groups is 1. The van der Waals surface area contributed by atoms with E-state index in [1.54, 1.807) is 0 Å². The van der Waals surface area contributed by atoms with E-state index in [0.717, 1.165) is 25.9 Å². The molecule has 0 amide bonds. The van der Waals surface area contributed by atoms with E-state index in [9.17, 15) is 8.42 Å². The topological polar surface area (TPSA) is 63.4 Å². The fraction of sp³-hybridized carbons (Fsp3) is 1.00. The molecule has 3 rings (SSSR count). The van der Waals surface area contributed by atoms with Crippen molar-refractivity contribution < 1.29 is 8.42 Å². The minimum absolute atomic E-state index is 0.0362. The van der Waals surface area contributed by atoms with Gasteiger partial charge in [-0.25, -0.2) is 8.42 Å². The molecule has 2 heterocycles. The number of nitrogens with two attached hydrogens (primary N) is 1. The largest absolute Gasteiger partial charge is 0.329 e. The first-order chi connectivity index (χ1) is 9.49. The van der Waals surface area contributed by atoms with Crippen molar-refractivity contribution in [2.45, 2.75) is 56.9 Å². The number of hydrogen-bond donors (Lipinski definition) is 1. The van der Waals surface area contributed by atoms with Gasteiger partial charge in [-0.15, -0.1) is 0 Å². The number of nitrogens with zero attached hydrogens (tertiary/aromatic N) is 1. The van der Waals surface area contributed by atoms with Crippen LogP contribution in [0, 0.1) is 5.41 Å². The summed E-state index contributed by atoms with van der Waals surface area (Å²) in [5.41, 5.74) is 6.65. The van der Waals surface area contributed by atoms with Crippen LogP contribution in [0.15, 0.2) is 0 Å². The zero-order valence-corrected chi connectivity index (χ0v) is 13.3. The van der Waals surface area contributed by atoms with E-state index < -0.39 is 9.84 Å². The van der Waals surface area contributed by atoms with Crippen molar-refractivity contribution in [1.82, 2.24) is 4.90 Å². The van der Waals surface area contributed by atoms with Crippen LogP contribution < -0.4 is 5.73 Å². The lowest BCUT2D eigenvalue weighted by molar-refractivity contribution is 0.0160. The highest BCUT2D eigenvalue weighted by molar-refractivity contribution is 7.91. The summed E-state index contributed by atoms with van der Waals surface area (Å²) in [5.74, 6) is 0.650. The third kappa shape index (κ3) is 2.64. The standard InChI is InChI=1S/C15H28N2O2S/c16-13-15(7-11-20(18,19)12-8-15)17-9-5-14(6-10-17)3-1-2-4-14/h1-13,16H2. The minimum atomic E-state index is -2.81. The number of likely N-dealkylation sites (tertiary alicyclic amines) is 1. The van der Waals surface area contributed by atoms with Crippen molar-refractivity contribution in [2.75, 3.05) is 31.1 Å². The van der Waals surface area contributed by atoms with Crippen molar-refractivity contribution in [3.8, 4) is 0 Å². The smallest absolute Gasteiger partial charge is 0.150 e. The molecule has 0 unspecified atom stereocenters. The molecule has 2 N–H and O–H groups in total. The van der Waals surface area contributed by atoms with Gasteiger partial charge in [0.25, 0.3) is 0 Å². The van der Waals surface area contributed by atoms with E-state index in [2.05, 4.69) is 4.90 Å². The Morgan fingerprint density at radius 3 is 1.95 bits per heavy atom. The first-order valence-electron chi connectivity index (χ1n) is 8.15. The van der Waals surface area contributed by atoms with Crippen LogP contribution in [0.3, 0.4) is 0 Å². The third-order valence-electron chi connectivity index (χ3n) is 6.30. The molecule has 116 valence electrons. The van der Waals surface area contributed by atoms with E-state index in [1.165, 1.54) is 38.5 Å². The number of hydrogen-bond acceptors (Lipinski definition) is 4. The average Bonchev–Trinajstić information content (AvgIpc) is 2.89. The molecule has 0 aromatic heterocycles. The summed E-state index contributed by atoms with van der Waals surface area (Å²) in [7, 11) is -2.81. The molecule has 4 nitrogen and oxygen atoms in total. The Hall–Kier alpha value is -0.130. The van der Waals surface area contributed by atoms with Crippen molar-refractivity contribution in [2.24, 2.45) is 11.1 Å². The van der Waals surface area contributed by atoms with E-state index in [4.69, 9.17) is 5.73 Å². The van der Waals surface area contributed by atoms with Crippen LogP contribution in [-0.4, -0.2) is 50.0 Å². The summed E-state index contributed by atoms with van der Waals surface area (Å²) < 4.78 is 23.4. The molecule has 2 aliphatic heterocycles. The normalized spacial score (nSPS) is 32.5. The second-order valence-corrected chi connectivity index (χ2v) is 9.58. The van der Waals surface area contributed by atoms with Crippen LogP contribution in [-0.2, 0) is 9.84 Å². The monoisotopic (exact) mass is 300 g/mol. The molecule has 3 fully saturated rings. The van der Waals surface area contributed by atoms with Gasteiger partial charge in [-0.3, -0.25) is 4.90 Å². The van der Waals surface area contributed by atoms with Gasteiger partial charge in [0, 0.05) is 12.1 Å². The zero-order valence-electron chi connectivity index (χ0n) is 12.4. The molecule has 0 aromatic carbocycles. The molecule has 1 aliphatic carbocycles. The maximum absolute atomic E-state index is 11.7. The molecule has 0 radical (unpaired) electrons. The van der Waals surface area contributed by atoms with Gasteiger partial charge >= 0.3 is 0 Å². The number of rotatable bonds is 2. The molecule has 20 heavy (non-hydrogen) atoms. The Bertz CT molecular complexity index is 430. The van der Waals surface area contributed by atoms with Gasteiger partial charge < -0.3 is 5.73 Å². The quantitative estimate of drug-likeness (QED) is 0.840. The number of piperidine rings is 1. The zero-order chi connectivity index (χ0) is 14.3. The average molecular weight is 300 g/mol. The van der Waals surface area contributed by atoms with Gasteiger partial charge in [-0.2, -0.15) is 0 Å². The Balaban J connectivity index is 1.66. The Morgan fingerprint density at radius 1 is 0.900 bits per heavy atom. The molecular weight excluding hydrogens is 272 g/mol. The summed E-state index contributed by atoms with van der Waals surface area (Å²) in [6.07, 6.45) is 9.68. The van der Waals surface area contributed by atoms with Crippen LogP contribution in [0.1, 0.15) is 51.4 Å².